The number of carboxylic acid groups (broad SMARTS) is 1. The summed E-state index contributed by atoms with van der Waals surface area (Å²) < 4.78 is 0. The minimum atomic E-state index is -0.915. The largest absolute Gasteiger partial charge is 0.478 e. The van der Waals surface area contributed by atoms with Gasteiger partial charge in [0.05, 0.1) is 5.56 Å². The number of aromatic carboxylic acids is 1. The molecule has 0 saturated carbocycles. The lowest BCUT2D eigenvalue weighted by Crippen LogP contribution is -2.31. The molecule has 0 radical (unpaired) electrons. The molecule has 0 bridgehead atoms. The monoisotopic (exact) mass is 327 g/mol. The van der Waals surface area contributed by atoms with Crippen molar-refractivity contribution < 1.29 is 15.0 Å². The summed E-state index contributed by atoms with van der Waals surface area (Å²) in [6.45, 7) is 2.14. The summed E-state index contributed by atoms with van der Waals surface area (Å²) in [5.74, 6) is -0.915. The summed E-state index contributed by atoms with van der Waals surface area (Å²) >= 11 is 0. The average molecular weight is 327 g/mol. The lowest BCUT2D eigenvalue weighted by atomic mass is 9.75. The molecule has 2 aromatic rings. The molecule has 2 aromatic carbocycles. The van der Waals surface area contributed by atoms with Crippen LogP contribution >= 0.6 is 0 Å². The van der Waals surface area contributed by atoms with Crippen LogP contribution in [0.4, 0.5) is 0 Å². The molecular weight excluding hydrogens is 302 g/mol. The molecule has 2 rings (SSSR count). The van der Waals surface area contributed by atoms with E-state index < -0.39 is 12.2 Å². The molecule has 0 aliphatic carbocycles. The SMILES string of the molecule is CC(CCc1ccc(C(=O)O)cc1)(Cc1ccccc1)CC(N)O. The Bertz CT molecular complexity index is 652. The fourth-order valence-corrected chi connectivity index (χ4v) is 3.12. The zero-order chi connectivity index (χ0) is 17.6. The van der Waals surface area contributed by atoms with Crippen LogP contribution in [0, 0.1) is 5.41 Å². The van der Waals surface area contributed by atoms with E-state index in [-0.39, 0.29) is 5.41 Å². The molecule has 128 valence electrons. The third-order valence-corrected chi connectivity index (χ3v) is 4.39. The number of hydrogen-bond donors (Lipinski definition) is 3. The van der Waals surface area contributed by atoms with Gasteiger partial charge in [0, 0.05) is 0 Å². The highest BCUT2D eigenvalue weighted by Crippen LogP contribution is 2.33. The van der Waals surface area contributed by atoms with Crippen molar-refractivity contribution >= 4 is 5.97 Å². The van der Waals surface area contributed by atoms with Crippen LogP contribution in [-0.2, 0) is 12.8 Å². The Labute approximate surface area is 142 Å². The van der Waals surface area contributed by atoms with Gasteiger partial charge in [-0.2, -0.15) is 0 Å². The first-order valence-corrected chi connectivity index (χ1v) is 8.18. The Hall–Kier alpha value is -2.17. The molecule has 4 nitrogen and oxygen atoms in total. The predicted octanol–water partition coefficient (Wildman–Crippen LogP) is 3.23. The molecule has 0 heterocycles. The fourth-order valence-electron chi connectivity index (χ4n) is 3.12. The van der Waals surface area contributed by atoms with Crippen molar-refractivity contribution in [1.82, 2.24) is 0 Å². The van der Waals surface area contributed by atoms with Gasteiger partial charge < -0.3 is 15.9 Å². The number of aliphatic hydroxyl groups excluding tert-OH is 1. The minimum Gasteiger partial charge on any atom is -0.478 e. The smallest absolute Gasteiger partial charge is 0.335 e. The summed E-state index contributed by atoms with van der Waals surface area (Å²) in [5.41, 5.74) is 8.13. The van der Waals surface area contributed by atoms with Crippen molar-refractivity contribution in [3.8, 4) is 0 Å². The van der Waals surface area contributed by atoms with Crippen LogP contribution < -0.4 is 5.73 Å². The van der Waals surface area contributed by atoms with Gasteiger partial charge in [-0.15, -0.1) is 0 Å². The van der Waals surface area contributed by atoms with Gasteiger partial charge in [-0.1, -0.05) is 49.4 Å². The predicted molar refractivity (Wildman–Crippen MR) is 94.8 cm³/mol. The van der Waals surface area contributed by atoms with Crippen molar-refractivity contribution in [2.75, 3.05) is 0 Å². The van der Waals surface area contributed by atoms with E-state index in [0.717, 1.165) is 24.8 Å². The van der Waals surface area contributed by atoms with E-state index >= 15 is 0 Å². The summed E-state index contributed by atoms with van der Waals surface area (Å²) in [6, 6.07) is 17.2. The van der Waals surface area contributed by atoms with Crippen molar-refractivity contribution in [3.63, 3.8) is 0 Å². The average Bonchev–Trinajstić information content (AvgIpc) is 2.53. The Morgan fingerprint density at radius 3 is 2.25 bits per heavy atom. The zero-order valence-corrected chi connectivity index (χ0v) is 14.0. The number of carboxylic acids is 1. The molecule has 0 spiro atoms. The van der Waals surface area contributed by atoms with Crippen LogP contribution in [0.3, 0.4) is 0 Å². The molecular formula is C20H25NO3. The van der Waals surface area contributed by atoms with Gasteiger partial charge in [-0.05, 0) is 54.4 Å². The first kappa shape index (κ1) is 18.2. The number of aliphatic hydroxyl groups is 1. The Morgan fingerprint density at radius 2 is 1.71 bits per heavy atom. The zero-order valence-electron chi connectivity index (χ0n) is 14.0. The second-order valence-corrected chi connectivity index (χ2v) is 6.75. The summed E-state index contributed by atoms with van der Waals surface area (Å²) in [5, 5.41) is 18.6. The van der Waals surface area contributed by atoms with Crippen molar-refractivity contribution in [1.29, 1.82) is 0 Å². The Morgan fingerprint density at radius 1 is 1.08 bits per heavy atom. The molecule has 0 aliphatic heterocycles. The van der Waals surface area contributed by atoms with Gasteiger partial charge in [-0.3, -0.25) is 0 Å². The molecule has 0 fully saturated rings. The van der Waals surface area contributed by atoms with Gasteiger partial charge in [0.15, 0.2) is 0 Å². The maximum atomic E-state index is 10.9. The van der Waals surface area contributed by atoms with E-state index in [9.17, 15) is 9.90 Å². The molecule has 4 heteroatoms. The molecule has 4 N–H and O–H groups in total. The normalized spacial score (nSPS) is 14.8. The standard InChI is InChI=1S/C20H25NO3/c1-20(14-18(21)22,13-16-5-3-2-4-6-16)12-11-15-7-9-17(10-8-15)19(23)24/h2-10,18,22H,11-14,21H2,1H3,(H,23,24). The molecule has 2 atom stereocenters. The third-order valence-electron chi connectivity index (χ3n) is 4.39. The highest BCUT2D eigenvalue weighted by atomic mass is 16.4. The number of rotatable bonds is 8. The molecule has 0 saturated heterocycles. The van der Waals surface area contributed by atoms with Gasteiger partial charge >= 0.3 is 5.97 Å². The molecule has 0 aromatic heterocycles. The quantitative estimate of drug-likeness (QED) is 0.650. The highest BCUT2D eigenvalue weighted by molar-refractivity contribution is 5.87. The van der Waals surface area contributed by atoms with Gasteiger partial charge in [0.2, 0.25) is 0 Å². The number of carbonyl (C=O) groups is 1. The van der Waals surface area contributed by atoms with Gasteiger partial charge in [-0.25, -0.2) is 4.79 Å². The maximum absolute atomic E-state index is 10.9. The van der Waals surface area contributed by atoms with Crippen LogP contribution in [0.5, 0.6) is 0 Å². The first-order chi connectivity index (χ1) is 11.4. The van der Waals surface area contributed by atoms with Crippen LogP contribution in [-0.4, -0.2) is 22.4 Å². The molecule has 24 heavy (non-hydrogen) atoms. The van der Waals surface area contributed by atoms with Gasteiger partial charge in [0.1, 0.15) is 6.23 Å². The number of benzene rings is 2. The van der Waals surface area contributed by atoms with E-state index in [0.29, 0.717) is 12.0 Å². The lowest BCUT2D eigenvalue weighted by molar-refractivity contribution is 0.0696. The van der Waals surface area contributed by atoms with E-state index in [2.05, 4.69) is 19.1 Å². The van der Waals surface area contributed by atoms with E-state index in [1.807, 2.05) is 30.3 Å². The summed E-state index contributed by atoms with van der Waals surface area (Å²) in [4.78, 5) is 10.9. The molecule has 2 unspecified atom stereocenters. The van der Waals surface area contributed by atoms with E-state index in [4.69, 9.17) is 10.8 Å². The van der Waals surface area contributed by atoms with E-state index in [1.54, 1.807) is 12.1 Å². The number of nitrogens with two attached hydrogens (primary N) is 1. The Balaban J connectivity index is 2.06. The highest BCUT2D eigenvalue weighted by Gasteiger charge is 2.26. The van der Waals surface area contributed by atoms with Crippen molar-refractivity contribution in [3.05, 3.63) is 71.3 Å². The minimum absolute atomic E-state index is 0.124. The second-order valence-electron chi connectivity index (χ2n) is 6.75. The van der Waals surface area contributed by atoms with E-state index in [1.165, 1.54) is 5.56 Å². The molecule has 0 amide bonds. The van der Waals surface area contributed by atoms with Crippen LogP contribution in [0.1, 0.15) is 41.3 Å². The maximum Gasteiger partial charge on any atom is 0.335 e. The van der Waals surface area contributed by atoms with Crippen LogP contribution in [0.25, 0.3) is 0 Å². The van der Waals surface area contributed by atoms with Crippen LogP contribution in [0.15, 0.2) is 54.6 Å². The topological polar surface area (TPSA) is 83.5 Å². The summed E-state index contributed by atoms with van der Waals surface area (Å²) in [7, 11) is 0. The Kier molecular flexibility index (Phi) is 6.12. The van der Waals surface area contributed by atoms with Crippen molar-refractivity contribution in [2.24, 2.45) is 11.1 Å². The summed E-state index contributed by atoms with van der Waals surface area (Å²) in [6.07, 6.45) is 2.20. The van der Waals surface area contributed by atoms with Gasteiger partial charge in [0.25, 0.3) is 0 Å². The third kappa shape index (κ3) is 5.48. The number of aryl methyl sites for hydroxylation is 1. The molecule has 0 aliphatic rings. The fraction of sp³-hybridized carbons (Fsp3) is 0.350. The lowest BCUT2D eigenvalue weighted by Gasteiger charge is -2.31. The van der Waals surface area contributed by atoms with Crippen LogP contribution in [0.2, 0.25) is 0 Å². The number of hydrogen-bond acceptors (Lipinski definition) is 3. The van der Waals surface area contributed by atoms with Crippen molar-refractivity contribution in [2.45, 2.75) is 38.8 Å². The first-order valence-electron chi connectivity index (χ1n) is 8.18. The second kappa shape index (κ2) is 8.08.